The third-order valence-corrected chi connectivity index (χ3v) is 4.57. The van der Waals surface area contributed by atoms with E-state index in [1.807, 2.05) is 37.3 Å². The molecule has 1 heterocycles. The number of carbonyl (C=O) groups excluding carboxylic acids is 1. The summed E-state index contributed by atoms with van der Waals surface area (Å²) < 4.78 is 11.4. The van der Waals surface area contributed by atoms with Crippen LogP contribution in [0, 0.1) is 11.3 Å². The highest BCUT2D eigenvalue weighted by atomic mass is 32.2. The van der Waals surface area contributed by atoms with Crippen LogP contribution in [-0.2, 0) is 10.8 Å². The summed E-state index contributed by atoms with van der Waals surface area (Å²) in [4.78, 5) is 17.5. The number of hydrogen-bond donors (Lipinski definition) is 1. The predicted octanol–water partition coefficient (Wildman–Crippen LogP) is 2.46. The van der Waals surface area contributed by atoms with Gasteiger partial charge in [0, 0.05) is 29.0 Å². The number of rotatable bonds is 4. The van der Waals surface area contributed by atoms with Gasteiger partial charge in [-0.2, -0.15) is 5.26 Å². The van der Waals surface area contributed by atoms with Gasteiger partial charge in [0.05, 0.1) is 6.04 Å². The zero-order valence-corrected chi connectivity index (χ0v) is 13.5. The number of benzene rings is 1. The van der Waals surface area contributed by atoms with Gasteiger partial charge in [-0.1, -0.05) is 12.1 Å². The number of nitrogens with zero attached hydrogens (tertiary/aromatic N) is 2. The normalized spacial score (nSPS) is 13.2. The molecule has 1 N–H and O–H groups in total. The Morgan fingerprint density at radius 2 is 1.91 bits per heavy atom. The van der Waals surface area contributed by atoms with Gasteiger partial charge in [0.15, 0.2) is 0 Å². The first-order chi connectivity index (χ1) is 10.4. The molecule has 1 aromatic carbocycles. The third-order valence-electron chi connectivity index (χ3n) is 3.63. The Morgan fingerprint density at radius 3 is 2.41 bits per heavy atom. The Morgan fingerprint density at radius 1 is 1.27 bits per heavy atom. The van der Waals surface area contributed by atoms with E-state index in [4.69, 9.17) is 5.26 Å². The summed E-state index contributed by atoms with van der Waals surface area (Å²) in [6.45, 7) is 1.92. The maximum atomic E-state index is 12.4. The van der Waals surface area contributed by atoms with Gasteiger partial charge >= 0.3 is 0 Å². The molecule has 2 rings (SSSR count). The highest BCUT2D eigenvalue weighted by molar-refractivity contribution is 7.84. The van der Waals surface area contributed by atoms with Gasteiger partial charge in [0.2, 0.25) is 0 Å². The molecule has 0 radical (unpaired) electrons. The quantitative estimate of drug-likeness (QED) is 0.941. The van der Waals surface area contributed by atoms with Crippen molar-refractivity contribution in [3.63, 3.8) is 0 Å². The molecule has 2 atom stereocenters. The number of nitrogens with one attached hydrogen (secondary N) is 1. The molecule has 1 aromatic heterocycles. The highest BCUT2D eigenvalue weighted by Gasteiger charge is 2.20. The molecule has 0 aliphatic carbocycles. The zero-order valence-electron chi connectivity index (χ0n) is 12.7. The van der Waals surface area contributed by atoms with Crippen LogP contribution in [0.4, 0.5) is 0 Å². The lowest BCUT2D eigenvalue weighted by molar-refractivity contribution is 0.0737. The number of hydrogen-bond acceptors (Lipinski definition) is 3. The highest BCUT2D eigenvalue weighted by Crippen LogP contribution is 2.21. The standard InChI is InChI=1S/C16H17N3O2S/c1-11(12-4-7-14(8-5-12)22(3)21)19(2)16(20)15-9-6-13(10-17)18-15/h4-9,11,18H,1-3H3/t11-,22-/m0/s1. The molecule has 5 nitrogen and oxygen atoms in total. The fourth-order valence-corrected chi connectivity index (χ4v) is 2.63. The fraction of sp³-hybridized carbons (Fsp3) is 0.250. The summed E-state index contributed by atoms with van der Waals surface area (Å²) in [5.41, 5.74) is 1.70. The first kappa shape index (κ1) is 16.0. The molecule has 1 amide bonds. The predicted molar refractivity (Wildman–Crippen MR) is 84.8 cm³/mol. The Hall–Kier alpha value is -2.39. The van der Waals surface area contributed by atoms with E-state index in [1.54, 1.807) is 30.3 Å². The number of nitriles is 1. The molecule has 0 aliphatic heterocycles. The smallest absolute Gasteiger partial charge is 0.270 e. The molecule has 0 aliphatic rings. The number of amides is 1. The summed E-state index contributed by atoms with van der Waals surface area (Å²) in [5, 5.41) is 8.80. The topological polar surface area (TPSA) is 77.0 Å². The van der Waals surface area contributed by atoms with E-state index in [2.05, 4.69) is 4.98 Å². The van der Waals surface area contributed by atoms with Crippen molar-refractivity contribution in [3.05, 3.63) is 53.3 Å². The molecule has 0 saturated carbocycles. The molecule has 0 fully saturated rings. The lowest BCUT2D eigenvalue weighted by Crippen LogP contribution is -2.29. The van der Waals surface area contributed by atoms with Crippen molar-refractivity contribution in [2.75, 3.05) is 13.3 Å². The minimum Gasteiger partial charge on any atom is -0.342 e. The van der Waals surface area contributed by atoms with E-state index in [0.29, 0.717) is 11.4 Å². The Labute approximate surface area is 132 Å². The van der Waals surface area contributed by atoms with Crippen molar-refractivity contribution in [2.45, 2.75) is 17.9 Å². The summed E-state index contributed by atoms with van der Waals surface area (Å²) >= 11 is 0. The first-order valence-electron chi connectivity index (χ1n) is 6.73. The van der Waals surface area contributed by atoms with E-state index in [1.165, 1.54) is 0 Å². The van der Waals surface area contributed by atoms with Crippen LogP contribution in [0.5, 0.6) is 0 Å². The van der Waals surface area contributed by atoms with Gasteiger partial charge in [0.25, 0.3) is 5.91 Å². The summed E-state index contributed by atoms with van der Waals surface area (Å²) in [6.07, 6.45) is 1.63. The average Bonchev–Trinajstić information content (AvgIpc) is 3.01. The molecule has 0 spiro atoms. The Balaban J connectivity index is 2.17. The number of aromatic amines is 1. The minimum atomic E-state index is -1.01. The van der Waals surface area contributed by atoms with Gasteiger partial charge < -0.3 is 9.88 Å². The van der Waals surface area contributed by atoms with Crippen LogP contribution >= 0.6 is 0 Å². The SMILES string of the molecule is C[C@@H](c1ccc([S@](C)=O)cc1)N(C)C(=O)c1ccc(C#N)[nH]1. The lowest BCUT2D eigenvalue weighted by Gasteiger charge is -2.25. The van der Waals surface area contributed by atoms with Gasteiger partial charge in [-0.25, -0.2) is 0 Å². The summed E-state index contributed by atoms with van der Waals surface area (Å²) in [6, 6.07) is 12.4. The Bertz CT molecular complexity index is 743. The van der Waals surface area contributed by atoms with Crippen LogP contribution in [-0.4, -0.2) is 33.3 Å². The van der Waals surface area contributed by atoms with Gasteiger partial charge in [0.1, 0.15) is 17.5 Å². The van der Waals surface area contributed by atoms with Crippen LogP contribution in [0.3, 0.4) is 0 Å². The third kappa shape index (κ3) is 3.26. The molecular weight excluding hydrogens is 298 g/mol. The van der Waals surface area contributed by atoms with E-state index >= 15 is 0 Å². The van der Waals surface area contributed by atoms with Crippen LogP contribution in [0.25, 0.3) is 0 Å². The van der Waals surface area contributed by atoms with E-state index < -0.39 is 10.8 Å². The number of H-pyrrole nitrogens is 1. The molecule has 0 saturated heterocycles. The average molecular weight is 315 g/mol. The minimum absolute atomic E-state index is 0.138. The van der Waals surface area contributed by atoms with Crippen molar-refractivity contribution in [2.24, 2.45) is 0 Å². The van der Waals surface area contributed by atoms with Crippen molar-refractivity contribution in [1.82, 2.24) is 9.88 Å². The fourth-order valence-electron chi connectivity index (χ4n) is 2.11. The largest absolute Gasteiger partial charge is 0.342 e. The molecule has 6 heteroatoms. The van der Waals surface area contributed by atoms with Crippen LogP contribution in [0.15, 0.2) is 41.3 Å². The van der Waals surface area contributed by atoms with Crippen molar-refractivity contribution < 1.29 is 9.00 Å². The Kier molecular flexibility index (Phi) is 4.78. The second-order valence-electron chi connectivity index (χ2n) is 5.01. The molecular formula is C16H17N3O2S. The molecule has 114 valence electrons. The number of carbonyl (C=O) groups is 1. The second-order valence-corrected chi connectivity index (χ2v) is 6.39. The lowest BCUT2D eigenvalue weighted by atomic mass is 10.1. The molecule has 0 unspecified atom stereocenters. The molecule has 2 aromatic rings. The van der Waals surface area contributed by atoms with Gasteiger partial charge in [-0.3, -0.25) is 9.00 Å². The van der Waals surface area contributed by atoms with Crippen molar-refractivity contribution in [3.8, 4) is 6.07 Å². The monoisotopic (exact) mass is 315 g/mol. The summed E-state index contributed by atoms with van der Waals surface area (Å²) in [5.74, 6) is -0.183. The van der Waals surface area contributed by atoms with Crippen LogP contribution in [0.2, 0.25) is 0 Å². The van der Waals surface area contributed by atoms with E-state index in [-0.39, 0.29) is 11.9 Å². The van der Waals surface area contributed by atoms with E-state index in [0.717, 1.165) is 10.5 Å². The number of aromatic nitrogens is 1. The van der Waals surface area contributed by atoms with Crippen molar-refractivity contribution in [1.29, 1.82) is 5.26 Å². The second kappa shape index (κ2) is 6.58. The van der Waals surface area contributed by atoms with E-state index in [9.17, 15) is 9.00 Å². The molecule has 0 bridgehead atoms. The molecule has 22 heavy (non-hydrogen) atoms. The van der Waals surface area contributed by atoms with Gasteiger partial charge in [-0.15, -0.1) is 0 Å². The first-order valence-corrected chi connectivity index (χ1v) is 8.29. The van der Waals surface area contributed by atoms with Crippen LogP contribution < -0.4 is 0 Å². The maximum absolute atomic E-state index is 12.4. The van der Waals surface area contributed by atoms with Gasteiger partial charge in [-0.05, 0) is 36.8 Å². The van der Waals surface area contributed by atoms with Crippen LogP contribution in [0.1, 0.15) is 34.7 Å². The maximum Gasteiger partial charge on any atom is 0.270 e. The van der Waals surface area contributed by atoms with Crippen molar-refractivity contribution >= 4 is 16.7 Å². The summed E-state index contributed by atoms with van der Waals surface area (Å²) in [7, 11) is 0.700. The zero-order chi connectivity index (χ0) is 16.3.